The number of hydrogen-bond acceptors (Lipinski definition) is 3. The van der Waals surface area contributed by atoms with E-state index in [4.69, 9.17) is 17.3 Å². The van der Waals surface area contributed by atoms with Gasteiger partial charge in [-0.1, -0.05) is 35.9 Å². The first-order chi connectivity index (χ1) is 11.6. The molecule has 3 fully saturated rings. The normalized spacial score (nSPS) is 26.7. The molecule has 4 heteroatoms. The van der Waals surface area contributed by atoms with Crippen LogP contribution in [0.4, 0.5) is 5.69 Å². The van der Waals surface area contributed by atoms with Gasteiger partial charge in [0.15, 0.2) is 0 Å². The molecule has 124 valence electrons. The van der Waals surface area contributed by atoms with Crippen molar-refractivity contribution in [2.24, 2.45) is 5.92 Å². The molecular weight excluding hydrogens is 320 g/mol. The highest BCUT2D eigenvalue weighted by Gasteiger charge is 2.46. The maximum absolute atomic E-state index is 12.5. The number of fused-ring (bicyclic) bond motifs is 3. The van der Waals surface area contributed by atoms with Crippen LogP contribution in [-0.2, 0) is 11.3 Å². The van der Waals surface area contributed by atoms with Gasteiger partial charge in [-0.3, -0.25) is 9.69 Å². The lowest BCUT2D eigenvalue weighted by atomic mass is 9.71. The second kappa shape index (κ2) is 6.23. The topological polar surface area (TPSA) is 46.3 Å². The van der Waals surface area contributed by atoms with E-state index >= 15 is 0 Å². The molecule has 0 radical (unpaired) electrons. The average molecular weight is 341 g/mol. The van der Waals surface area contributed by atoms with Gasteiger partial charge in [0.1, 0.15) is 5.78 Å². The standard InChI is InChI=1S/C20H21ClN2O/c21-15-5-1-3-13(9-15)12-23-17-7-8-18(19(24)11-17)20(23)14-4-2-6-16(22)10-14/h1-6,9-10,17-18,20H,7-8,11-12,22H2. The van der Waals surface area contributed by atoms with Crippen molar-refractivity contribution < 1.29 is 4.79 Å². The highest BCUT2D eigenvalue weighted by Crippen LogP contribution is 2.46. The highest BCUT2D eigenvalue weighted by atomic mass is 35.5. The molecule has 0 amide bonds. The molecule has 2 aliphatic heterocycles. The number of nitrogens with zero attached hydrogens (tertiary/aromatic N) is 1. The molecular formula is C20H21ClN2O. The van der Waals surface area contributed by atoms with E-state index in [2.05, 4.69) is 17.0 Å². The third kappa shape index (κ3) is 2.83. The fourth-order valence-corrected chi connectivity index (χ4v) is 4.55. The quantitative estimate of drug-likeness (QED) is 0.851. The first-order valence-corrected chi connectivity index (χ1v) is 8.88. The molecule has 5 rings (SSSR count). The molecule has 3 aliphatic rings. The smallest absolute Gasteiger partial charge is 0.139 e. The van der Waals surface area contributed by atoms with Crippen molar-refractivity contribution in [2.75, 3.05) is 5.73 Å². The Morgan fingerprint density at radius 1 is 1.12 bits per heavy atom. The van der Waals surface area contributed by atoms with E-state index < -0.39 is 0 Å². The van der Waals surface area contributed by atoms with Gasteiger partial charge in [-0.15, -0.1) is 0 Å². The van der Waals surface area contributed by atoms with Crippen molar-refractivity contribution in [3.63, 3.8) is 0 Å². The molecule has 24 heavy (non-hydrogen) atoms. The van der Waals surface area contributed by atoms with Crippen LogP contribution in [0.5, 0.6) is 0 Å². The molecule has 3 atom stereocenters. The van der Waals surface area contributed by atoms with Crippen LogP contribution in [-0.4, -0.2) is 16.7 Å². The third-order valence-corrected chi connectivity index (χ3v) is 5.61. The van der Waals surface area contributed by atoms with Crippen LogP contribution in [0.2, 0.25) is 5.02 Å². The molecule has 2 aromatic carbocycles. The van der Waals surface area contributed by atoms with Gasteiger partial charge in [0.05, 0.1) is 0 Å². The zero-order valence-electron chi connectivity index (χ0n) is 13.5. The Labute approximate surface area is 147 Å². The minimum absolute atomic E-state index is 0.0796. The average Bonchev–Trinajstić information content (AvgIpc) is 2.56. The van der Waals surface area contributed by atoms with Gasteiger partial charge in [-0.05, 0) is 48.2 Å². The van der Waals surface area contributed by atoms with Gasteiger partial charge in [0.25, 0.3) is 0 Å². The SMILES string of the molecule is Nc1cccc(C2C3CCC(CC3=O)N2Cc2cccc(Cl)c2)c1. The van der Waals surface area contributed by atoms with Crippen molar-refractivity contribution in [1.29, 1.82) is 0 Å². The molecule has 1 saturated carbocycles. The second-order valence-electron chi connectivity index (χ2n) is 6.93. The van der Waals surface area contributed by atoms with E-state index in [0.29, 0.717) is 18.2 Å². The van der Waals surface area contributed by atoms with Crippen molar-refractivity contribution in [3.05, 3.63) is 64.7 Å². The van der Waals surface area contributed by atoms with Crippen LogP contribution in [0.3, 0.4) is 0 Å². The van der Waals surface area contributed by atoms with Crippen molar-refractivity contribution in [2.45, 2.75) is 37.9 Å². The molecule has 0 spiro atoms. The molecule has 2 bridgehead atoms. The summed E-state index contributed by atoms with van der Waals surface area (Å²) in [5.74, 6) is 0.483. The summed E-state index contributed by atoms with van der Waals surface area (Å²) in [5, 5.41) is 0.756. The van der Waals surface area contributed by atoms with Gasteiger partial charge >= 0.3 is 0 Å². The van der Waals surface area contributed by atoms with Gasteiger partial charge < -0.3 is 5.73 Å². The number of carbonyl (C=O) groups is 1. The van der Waals surface area contributed by atoms with Gasteiger partial charge in [-0.2, -0.15) is 0 Å². The number of nitrogens with two attached hydrogens (primary N) is 1. The summed E-state index contributed by atoms with van der Waals surface area (Å²) in [7, 11) is 0. The zero-order chi connectivity index (χ0) is 16.7. The maximum Gasteiger partial charge on any atom is 0.139 e. The number of anilines is 1. The Hall–Kier alpha value is -1.84. The zero-order valence-corrected chi connectivity index (χ0v) is 14.2. The number of benzene rings is 2. The highest BCUT2D eigenvalue weighted by molar-refractivity contribution is 6.30. The van der Waals surface area contributed by atoms with Crippen molar-refractivity contribution >= 4 is 23.1 Å². The lowest BCUT2D eigenvalue weighted by Gasteiger charge is -2.51. The number of hydrogen-bond donors (Lipinski definition) is 1. The summed E-state index contributed by atoms with van der Waals surface area (Å²) in [6.07, 6.45) is 2.74. The van der Waals surface area contributed by atoms with E-state index in [9.17, 15) is 4.79 Å². The van der Waals surface area contributed by atoms with Crippen LogP contribution >= 0.6 is 11.6 Å². The fraction of sp³-hybridized carbons (Fsp3) is 0.350. The van der Waals surface area contributed by atoms with Gasteiger partial charge in [-0.25, -0.2) is 0 Å². The minimum atomic E-state index is 0.0796. The van der Waals surface area contributed by atoms with Crippen LogP contribution in [0.1, 0.15) is 36.4 Å². The van der Waals surface area contributed by atoms with Gasteiger partial charge in [0, 0.05) is 41.7 Å². The van der Waals surface area contributed by atoms with Crippen LogP contribution in [0, 0.1) is 5.92 Å². The number of piperidine rings is 2. The van der Waals surface area contributed by atoms with E-state index in [-0.39, 0.29) is 12.0 Å². The molecule has 2 heterocycles. The second-order valence-corrected chi connectivity index (χ2v) is 7.36. The monoisotopic (exact) mass is 340 g/mol. The molecule has 3 nitrogen and oxygen atoms in total. The molecule has 0 aromatic heterocycles. The Morgan fingerprint density at radius 2 is 1.96 bits per heavy atom. The number of halogens is 1. The molecule has 2 aromatic rings. The Bertz CT molecular complexity index is 776. The predicted octanol–water partition coefficient (Wildman–Crippen LogP) is 4.22. The van der Waals surface area contributed by atoms with E-state index in [1.165, 1.54) is 5.56 Å². The largest absolute Gasteiger partial charge is 0.399 e. The number of nitrogen functional groups attached to an aromatic ring is 1. The lowest BCUT2D eigenvalue weighted by molar-refractivity contribution is -0.138. The maximum atomic E-state index is 12.5. The van der Waals surface area contributed by atoms with E-state index in [1.54, 1.807) is 0 Å². The summed E-state index contributed by atoms with van der Waals surface area (Å²) >= 11 is 6.15. The van der Waals surface area contributed by atoms with E-state index in [1.807, 2.05) is 36.4 Å². The summed E-state index contributed by atoms with van der Waals surface area (Å²) < 4.78 is 0. The predicted molar refractivity (Wildman–Crippen MR) is 96.7 cm³/mol. The number of carbonyl (C=O) groups excluding carboxylic acids is 1. The summed E-state index contributed by atoms with van der Waals surface area (Å²) in [5.41, 5.74) is 9.09. The van der Waals surface area contributed by atoms with Gasteiger partial charge in [0.2, 0.25) is 0 Å². The number of rotatable bonds is 3. The summed E-state index contributed by atoms with van der Waals surface area (Å²) in [6.45, 7) is 0.814. The molecule has 2 saturated heterocycles. The molecule has 1 aliphatic carbocycles. The van der Waals surface area contributed by atoms with E-state index in [0.717, 1.165) is 35.7 Å². The molecule has 3 unspecified atom stereocenters. The van der Waals surface area contributed by atoms with Crippen molar-refractivity contribution in [1.82, 2.24) is 4.90 Å². The first-order valence-electron chi connectivity index (χ1n) is 8.50. The minimum Gasteiger partial charge on any atom is -0.399 e. The lowest BCUT2D eigenvalue weighted by Crippen LogP contribution is -2.53. The van der Waals surface area contributed by atoms with Crippen LogP contribution < -0.4 is 5.73 Å². The number of Topliss-reactive ketones (excluding diaryl/α,β-unsaturated/α-hetero) is 1. The Morgan fingerprint density at radius 3 is 2.71 bits per heavy atom. The summed E-state index contributed by atoms with van der Waals surface area (Å²) in [6, 6.07) is 16.4. The Balaban J connectivity index is 1.70. The third-order valence-electron chi connectivity index (χ3n) is 5.38. The van der Waals surface area contributed by atoms with Crippen LogP contribution in [0.25, 0.3) is 0 Å². The fourth-order valence-electron chi connectivity index (χ4n) is 4.33. The number of ketones is 1. The van der Waals surface area contributed by atoms with Crippen LogP contribution in [0.15, 0.2) is 48.5 Å². The first kappa shape index (κ1) is 15.7. The Kier molecular flexibility index (Phi) is 4.07. The summed E-state index contributed by atoms with van der Waals surface area (Å²) in [4.78, 5) is 15.0. The molecule has 2 N–H and O–H groups in total. The van der Waals surface area contributed by atoms with Crippen molar-refractivity contribution in [3.8, 4) is 0 Å².